The summed E-state index contributed by atoms with van der Waals surface area (Å²) in [7, 11) is 1.68. The third-order valence-electron chi connectivity index (χ3n) is 2.72. The Morgan fingerprint density at radius 3 is 3.18 bits per heavy atom. The summed E-state index contributed by atoms with van der Waals surface area (Å²) in [6, 6.07) is 3.99. The molecule has 1 aromatic rings. The van der Waals surface area contributed by atoms with Crippen molar-refractivity contribution in [1.29, 1.82) is 0 Å². The first-order valence-electron chi connectivity index (χ1n) is 5.47. The van der Waals surface area contributed by atoms with Crippen LogP contribution in [0.25, 0.3) is 0 Å². The summed E-state index contributed by atoms with van der Waals surface area (Å²) in [5.74, 6) is -0.0493. The number of nitrogens with one attached hydrogen (secondary N) is 2. The van der Waals surface area contributed by atoms with Gasteiger partial charge in [0.2, 0.25) is 0 Å². The molecule has 2 atom stereocenters. The van der Waals surface area contributed by atoms with Crippen molar-refractivity contribution in [3.8, 4) is 0 Å². The lowest BCUT2D eigenvalue weighted by Crippen LogP contribution is -2.35. The van der Waals surface area contributed by atoms with E-state index in [1.54, 1.807) is 19.2 Å². The largest absolute Gasteiger partial charge is 0.383 e. The van der Waals surface area contributed by atoms with Gasteiger partial charge in [-0.25, -0.2) is 0 Å². The Morgan fingerprint density at radius 1 is 1.71 bits per heavy atom. The van der Waals surface area contributed by atoms with Gasteiger partial charge in [0.25, 0.3) is 5.91 Å². The van der Waals surface area contributed by atoms with Crippen LogP contribution in [0, 0.1) is 0 Å². The van der Waals surface area contributed by atoms with Gasteiger partial charge in [0.1, 0.15) is 0 Å². The number of halogens is 1. The molecule has 2 heterocycles. The zero-order valence-corrected chi connectivity index (χ0v) is 11.1. The monoisotopic (exact) mass is 274 g/mol. The minimum Gasteiger partial charge on any atom is -0.383 e. The van der Waals surface area contributed by atoms with Crippen molar-refractivity contribution in [3.63, 3.8) is 0 Å². The second-order valence-electron chi connectivity index (χ2n) is 4.07. The molecule has 1 fully saturated rings. The lowest BCUT2D eigenvalue weighted by Gasteiger charge is -2.11. The van der Waals surface area contributed by atoms with Gasteiger partial charge in [0.05, 0.1) is 15.8 Å². The molecule has 1 saturated heterocycles. The molecule has 0 aliphatic carbocycles. The van der Waals surface area contributed by atoms with E-state index in [-0.39, 0.29) is 11.9 Å². The van der Waals surface area contributed by atoms with Crippen LogP contribution in [0.4, 0.5) is 0 Å². The van der Waals surface area contributed by atoms with E-state index in [0.717, 1.165) is 13.0 Å². The van der Waals surface area contributed by atoms with E-state index in [4.69, 9.17) is 16.3 Å². The van der Waals surface area contributed by atoms with E-state index < -0.39 is 0 Å². The first-order valence-corrected chi connectivity index (χ1v) is 6.67. The second-order valence-corrected chi connectivity index (χ2v) is 5.79. The summed E-state index contributed by atoms with van der Waals surface area (Å²) >= 11 is 7.09. The molecule has 0 spiro atoms. The van der Waals surface area contributed by atoms with E-state index in [1.165, 1.54) is 11.3 Å². The second kappa shape index (κ2) is 5.82. The summed E-state index contributed by atoms with van der Waals surface area (Å²) in [6.07, 6.45) is 0.901. The molecule has 0 bridgehead atoms. The normalized spacial score (nSPS) is 23.9. The lowest BCUT2D eigenvalue weighted by molar-refractivity contribution is 0.0942. The standard InChI is InChI=1S/C11H15ClN2O2S/c1-16-6-8-4-7(5-13-8)14-11(15)9-2-3-10(12)17-9/h2-3,7-8,13H,4-6H2,1H3,(H,14,15)/t7-,8+/m1/s1. The fraction of sp³-hybridized carbons (Fsp3) is 0.545. The fourth-order valence-corrected chi connectivity index (χ4v) is 2.90. The van der Waals surface area contributed by atoms with Crippen LogP contribution in [-0.4, -0.2) is 38.3 Å². The average molecular weight is 275 g/mol. The molecule has 0 radical (unpaired) electrons. The van der Waals surface area contributed by atoms with Gasteiger partial charge in [0, 0.05) is 25.7 Å². The van der Waals surface area contributed by atoms with E-state index in [9.17, 15) is 4.79 Å². The van der Waals surface area contributed by atoms with Crippen LogP contribution in [0.3, 0.4) is 0 Å². The fourth-order valence-electron chi connectivity index (χ4n) is 1.95. The Morgan fingerprint density at radius 2 is 2.53 bits per heavy atom. The van der Waals surface area contributed by atoms with E-state index in [1.807, 2.05) is 0 Å². The molecular weight excluding hydrogens is 260 g/mol. The van der Waals surface area contributed by atoms with Crippen molar-refractivity contribution < 1.29 is 9.53 Å². The number of carbonyl (C=O) groups is 1. The van der Waals surface area contributed by atoms with E-state index in [2.05, 4.69) is 10.6 Å². The zero-order valence-electron chi connectivity index (χ0n) is 9.53. The number of hydrogen-bond acceptors (Lipinski definition) is 4. The summed E-state index contributed by atoms with van der Waals surface area (Å²) < 4.78 is 5.71. The zero-order chi connectivity index (χ0) is 12.3. The molecule has 1 aliphatic rings. The molecule has 4 nitrogen and oxygen atoms in total. The summed E-state index contributed by atoms with van der Waals surface area (Å²) in [5.41, 5.74) is 0. The molecular formula is C11H15ClN2O2S. The van der Waals surface area contributed by atoms with Gasteiger partial charge < -0.3 is 15.4 Å². The highest BCUT2D eigenvalue weighted by Gasteiger charge is 2.25. The van der Waals surface area contributed by atoms with Crippen LogP contribution >= 0.6 is 22.9 Å². The van der Waals surface area contributed by atoms with Crippen molar-refractivity contribution in [1.82, 2.24) is 10.6 Å². The Hall–Kier alpha value is -0.620. The predicted molar refractivity (Wildman–Crippen MR) is 68.9 cm³/mol. The van der Waals surface area contributed by atoms with Gasteiger partial charge in [0.15, 0.2) is 0 Å². The molecule has 0 unspecified atom stereocenters. The summed E-state index contributed by atoms with van der Waals surface area (Å²) in [6.45, 7) is 1.47. The van der Waals surface area contributed by atoms with Crippen molar-refractivity contribution >= 4 is 28.8 Å². The molecule has 0 aromatic carbocycles. The maximum absolute atomic E-state index is 11.9. The number of ether oxygens (including phenoxy) is 1. The van der Waals surface area contributed by atoms with Gasteiger partial charge in [-0.15, -0.1) is 11.3 Å². The van der Waals surface area contributed by atoms with E-state index >= 15 is 0 Å². The average Bonchev–Trinajstić information content (AvgIpc) is 2.88. The maximum Gasteiger partial charge on any atom is 0.261 e. The number of rotatable bonds is 4. The molecule has 2 N–H and O–H groups in total. The van der Waals surface area contributed by atoms with E-state index in [0.29, 0.717) is 21.9 Å². The highest BCUT2D eigenvalue weighted by Crippen LogP contribution is 2.21. The first-order chi connectivity index (χ1) is 8.19. The van der Waals surface area contributed by atoms with Crippen LogP contribution in [0.1, 0.15) is 16.1 Å². The number of amides is 1. The molecule has 2 rings (SSSR count). The summed E-state index contributed by atoms with van der Waals surface area (Å²) in [4.78, 5) is 12.5. The van der Waals surface area contributed by atoms with Gasteiger partial charge >= 0.3 is 0 Å². The van der Waals surface area contributed by atoms with Gasteiger partial charge in [-0.2, -0.15) is 0 Å². The lowest BCUT2D eigenvalue weighted by atomic mass is 10.2. The maximum atomic E-state index is 11.9. The van der Waals surface area contributed by atoms with Crippen LogP contribution in [0.2, 0.25) is 4.34 Å². The molecule has 1 amide bonds. The molecule has 1 aliphatic heterocycles. The number of methoxy groups -OCH3 is 1. The van der Waals surface area contributed by atoms with Gasteiger partial charge in [-0.05, 0) is 18.6 Å². The van der Waals surface area contributed by atoms with Crippen LogP contribution in [0.15, 0.2) is 12.1 Å². The Balaban J connectivity index is 1.84. The summed E-state index contributed by atoms with van der Waals surface area (Å²) in [5, 5.41) is 6.30. The van der Waals surface area contributed by atoms with Gasteiger partial charge in [-0.3, -0.25) is 4.79 Å². The SMILES string of the molecule is COC[C@@H]1C[C@@H](NC(=O)c2ccc(Cl)s2)CN1. The third-order valence-corrected chi connectivity index (χ3v) is 3.95. The Kier molecular flexibility index (Phi) is 4.39. The molecule has 0 saturated carbocycles. The quantitative estimate of drug-likeness (QED) is 0.875. The highest BCUT2D eigenvalue weighted by atomic mass is 35.5. The van der Waals surface area contributed by atoms with Crippen LogP contribution in [0.5, 0.6) is 0 Å². The highest BCUT2D eigenvalue weighted by molar-refractivity contribution is 7.17. The van der Waals surface area contributed by atoms with Crippen molar-refractivity contribution in [2.45, 2.75) is 18.5 Å². The molecule has 1 aromatic heterocycles. The minimum atomic E-state index is -0.0493. The minimum absolute atomic E-state index is 0.0493. The Bertz CT molecular complexity index is 397. The van der Waals surface area contributed by atoms with Crippen LogP contribution < -0.4 is 10.6 Å². The number of hydrogen-bond donors (Lipinski definition) is 2. The smallest absolute Gasteiger partial charge is 0.261 e. The van der Waals surface area contributed by atoms with Crippen LogP contribution in [-0.2, 0) is 4.74 Å². The molecule has 6 heteroatoms. The van der Waals surface area contributed by atoms with Crippen molar-refractivity contribution in [2.24, 2.45) is 0 Å². The molecule has 94 valence electrons. The topological polar surface area (TPSA) is 50.4 Å². The van der Waals surface area contributed by atoms with Crippen molar-refractivity contribution in [2.75, 3.05) is 20.3 Å². The van der Waals surface area contributed by atoms with Gasteiger partial charge in [-0.1, -0.05) is 11.6 Å². The number of carbonyl (C=O) groups excluding carboxylic acids is 1. The first kappa shape index (κ1) is 12.8. The Labute approximate surface area is 109 Å². The third kappa shape index (κ3) is 3.42. The van der Waals surface area contributed by atoms with Crippen molar-refractivity contribution in [3.05, 3.63) is 21.3 Å². The molecule has 17 heavy (non-hydrogen) atoms. The predicted octanol–water partition coefficient (Wildman–Crippen LogP) is 1.51. The number of thiophene rings is 1.